The van der Waals surface area contributed by atoms with E-state index in [-0.39, 0.29) is 18.4 Å². The van der Waals surface area contributed by atoms with Crippen LogP contribution in [0.25, 0.3) is 0 Å². The SMILES string of the molecule is O=C1CCC(C(=O)NCc2nccc(N3CCCCC3)n2)N1. The average Bonchev–Trinajstić information content (AvgIpc) is 3.00. The maximum Gasteiger partial charge on any atom is 0.242 e. The number of nitrogens with zero attached hydrogens (tertiary/aromatic N) is 3. The van der Waals surface area contributed by atoms with E-state index in [1.165, 1.54) is 19.3 Å². The van der Waals surface area contributed by atoms with E-state index >= 15 is 0 Å². The Morgan fingerprint density at radius 3 is 2.91 bits per heavy atom. The summed E-state index contributed by atoms with van der Waals surface area (Å²) in [5.74, 6) is 1.29. The molecule has 118 valence electrons. The maximum absolute atomic E-state index is 12.0. The molecular formula is C15H21N5O2. The van der Waals surface area contributed by atoms with Crippen LogP contribution in [-0.4, -0.2) is 40.9 Å². The molecule has 2 amide bonds. The topological polar surface area (TPSA) is 87.2 Å². The van der Waals surface area contributed by atoms with Crippen LogP contribution >= 0.6 is 0 Å². The predicted octanol–water partition coefficient (Wildman–Crippen LogP) is 0.362. The van der Waals surface area contributed by atoms with Crippen molar-refractivity contribution in [2.75, 3.05) is 18.0 Å². The molecule has 0 aliphatic carbocycles. The molecule has 0 saturated carbocycles. The minimum Gasteiger partial charge on any atom is -0.357 e. The average molecular weight is 303 g/mol. The van der Waals surface area contributed by atoms with Crippen molar-refractivity contribution < 1.29 is 9.59 Å². The largest absolute Gasteiger partial charge is 0.357 e. The van der Waals surface area contributed by atoms with Crippen LogP contribution < -0.4 is 15.5 Å². The van der Waals surface area contributed by atoms with Crippen LogP contribution in [0.5, 0.6) is 0 Å². The van der Waals surface area contributed by atoms with E-state index in [1.54, 1.807) is 6.20 Å². The van der Waals surface area contributed by atoms with Crippen LogP contribution in [0.3, 0.4) is 0 Å². The standard InChI is InChI=1S/C15H21N5O2/c21-14-5-4-11(18-14)15(22)17-10-12-16-7-6-13(19-12)20-8-2-1-3-9-20/h6-7,11H,1-5,8-10H2,(H,17,22)(H,18,21). The van der Waals surface area contributed by atoms with Crippen LogP contribution in [0.2, 0.25) is 0 Å². The number of carbonyl (C=O) groups is 2. The molecule has 0 aromatic carbocycles. The Labute approximate surface area is 129 Å². The van der Waals surface area contributed by atoms with Crippen molar-refractivity contribution in [1.29, 1.82) is 0 Å². The monoisotopic (exact) mass is 303 g/mol. The first-order valence-corrected chi connectivity index (χ1v) is 7.86. The number of carbonyl (C=O) groups excluding carboxylic acids is 2. The van der Waals surface area contributed by atoms with E-state index < -0.39 is 6.04 Å². The molecule has 0 spiro atoms. The first-order chi connectivity index (χ1) is 10.7. The molecule has 7 heteroatoms. The second kappa shape index (κ2) is 6.72. The minimum absolute atomic E-state index is 0.0662. The van der Waals surface area contributed by atoms with Gasteiger partial charge in [0.1, 0.15) is 17.7 Å². The van der Waals surface area contributed by atoms with Gasteiger partial charge in [-0.05, 0) is 31.7 Å². The van der Waals surface area contributed by atoms with Crippen LogP contribution in [0.1, 0.15) is 37.9 Å². The molecule has 1 aromatic rings. The van der Waals surface area contributed by atoms with Gasteiger partial charge in [-0.25, -0.2) is 9.97 Å². The molecule has 2 N–H and O–H groups in total. The summed E-state index contributed by atoms with van der Waals surface area (Å²) in [6, 6.07) is 1.49. The zero-order chi connectivity index (χ0) is 15.4. The van der Waals surface area contributed by atoms with Crippen molar-refractivity contribution in [3.63, 3.8) is 0 Å². The molecule has 1 aromatic heterocycles. The van der Waals surface area contributed by atoms with E-state index in [4.69, 9.17) is 0 Å². The highest BCUT2D eigenvalue weighted by molar-refractivity contribution is 5.90. The third kappa shape index (κ3) is 3.52. The number of rotatable bonds is 4. The van der Waals surface area contributed by atoms with Gasteiger partial charge in [0, 0.05) is 25.7 Å². The second-order valence-corrected chi connectivity index (χ2v) is 5.76. The Bertz CT molecular complexity index is 557. The number of nitrogens with one attached hydrogen (secondary N) is 2. The van der Waals surface area contributed by atoms with Crippen molar-refractivity contribution in [3.05, 3.63) is 18.1 Å². The smallest absolute Gasteiger partial charge is 0.242 e. The lowest BCUT2D eigenvalue weighted by Crippen LogP contribution is -2.41. The normalized spacial score (nSPS) is 21.5. The highest BCUT2D eigenvalue weighted by Crippen LogP contribution is 2.16. The number of hydrogen-bond donors (Lipinski definition) is 2. The number of amides is 2. The fourth-order valence-electron chi connectivity index (χ4n) is 2.87. The van der Waals surface area contributed by atoms with Gasteiger partial charge in [-0.2, -0.15) is 0 Å². The molecule has 2 saturated heterocycles. The summed E-state index contributed by atoms with van der Waals surface area (Å²) in [6.07, 6.45) is 6.36. The fourth-order valence-corrected chi connectivity index (χ4v) is 2.87. The zero-order valence-electron chi connectivity index (χ0n) is 12.5. The Morgan fingerprint density at radius 1 is 1.36 bits per heavy atom. The summed E-state index contributed by atoms with van der Waals surface area (Å²) in [5.41, 5.74) is 0. The molecular weight excluding hydrogens is 282 g/mol. The highest BCUT2D eigenvalue weighted by Gasteiger charge is 2.26. The van der Waals surface area contributed by atoms with E-state index in [0.29, 0.717) is 18.7 Å². The lowest BCUT2D eigenvalue weighted by atomic mass is 10.1. The van der Waals surface area contributed by atoms with Crippen molar-refractivity contribution in [1.82, 2.24) is 20.6 Å². The molecule has 7 nitrogen and oxygen atoms in total. The fraction of sp³-hybridized carbons (Fsp3) is 0.600. The van der Waals surface area contributed by atoms with Crippen molar-refractivity contribution in [3.8, 4) is 0 Å². The first kappa shape index (κ1) is 14.7. The van der Waals surface area contributed by atoms with Gasteiger partial charge in [-0.1, -0.05) is 0 Å². The lowest BCUT2D eigenvalue weighted by Gasteiger charge is -2.27. The molecule has 0 bridgehead atoms. The summed E-state index contributed by atoms with van der Waals surface area (Å²) < 4.78 is 0. The first-order valence-electron chi connectivity index (χ1n) is 7.86. The minimum atomic E-state index is -0.419. The van der Waals surface area contributed by atoms with Gasteiger partial charge < -0.3 is 15.5 Å². The molecule has 2 aliphatic rings. The van der Waals surface area contributed by atoms with Crippen LogP contribution in [0, 0.1) is 0 Å². The molecule has 3 rings (SSSR count). The van der Waals surface area contributed by atoms with E-state index in [2.05, 4.69) is 25.5 Å². The predicted molar refractivity (Wildman–Crippen MR) is 81.1 cm³/mol. The van der Waals surface area contributed by atoms with E-state index in [1.807, 2.05) is 6.07 Å². The summed E-state index contributed by atoms with van der Waals surface area (Å²) in [4.78, 5) is 34.1. The molecule has 22 heavy (non-hydrogen) atoms. The van der Waals surface area contributed by atoms with Crippen molar-refractivity contribution >= 4 is 17.6 Å². The van der Waals surface area contributed by atoms with Gasteiger partial charge in [-0.15, -0.1) is 0 Å². The quantitative estimate of drug-likeness (QED) is 0.839. The van der Waals surface area contributed by atoms with Crippen LogP contribution in [-0.2, 0) is 16.1 Å². The zero-order valence-corrected chi connectivity index (χ0v) is 12.5. The van der Waals surface area contributed by atoms with E-state index in [9.17, 15) is 9.59 Å². The summed E-state index contributed by atoms with van der Waals surface area (Å²) in [5, 5.41) is 5.45. The Kier molecular flexibility index (Phi) is 4.50. The van der Waals surface area contributed by atoms with Crippen molar-refractivity contribution in [2.45, 2.75) is 44.7 Å². The van der Waals surface area contributed by atoms with Crippen LogP contribution in [0.15, 0.2) is 12.3 Å². The van der Waals surface area contributed by atoms with Crippen molar-refractivity contribution in [2.24, 2.45) is 0 Å². The van der Waals surface area contributed by atoms with Gasteiger partial charge in [0.15, 0.2) is 0 Å². The molecule has 2 aliphatic heterocycles. The molecule has 0 radical (unpaired) electrons. The lowest BCUT2D eigenvalue weighted by molar-refractivity contribution is -0.125. The number of anilines is 1. The highest BCUT2D eigenvalue weighted by atomic mass is 16.2. The Morgan fingerprint density at radius 2 is 2.18 bits per heavy atom. The third-order valence-corrected chi connectivity index (χ3v) is 4.10. The third-order valence-electron chi connectivity index (χ3n) is 4.10. The van der Waals surface area contributed by atoms with Gasteiger partial charge in [0.2, 0.25) is 11.8 Å². The maximum atomic E-state index is 12.0. The summed E-state index contributed by atoms with van der Waals surface area (Å²) in [7, 11) is 0. The summed E-state index contributed by atoms with van der Waals surface area (Å²) >= 11 is 0. The van der Waals surface area contributed by atoms with Gasteiger partial charge in [-0.3, -0.25) is 9.59 Å². The number of piperidine rings is 1. The van der Waals surface area contributed by atoms with Gasteiger partial charge in [0.25, 0.3) is 0 Å². The molecule has 2 fully saturated rings. The number of aromatic nitrogens is 2. The second-order valence-electron chi connectivity index (χ2n) is 5.76. The molecule has 3 heterocycles. The molecule has 1 atom stereocenters. The van der Waals surface area contributed by atoms with Gasteiger partial charge in [0.05, 0.1) is 6.54 Å². The van der Waals surface area contributed by atoms with Crippen LogP contribution in [0.4, 0.5) is 5.82 Å². The van der Waals surface area contributed by atoms with E-state index in [0.717, 1.165) is 18.9 Å². The Balaban J connectivity index is 1.56. The Hall–Kier alpha value is -2.18. The number of hydrogen-bond acceptors (Lipinski definition) is 5. The summed E-state index contributed by atoms with van der Waals surface area (Å²) in [6.45, 7) is 2.33. The molecule has 1 unspecified atom stereocenters. The van der Waals surface area contributed by atoms with Gasteiger partial charge >= 0.3 is 0 Å².